The third kappa shape index (κ3) is 4.90. The summed E-state index contributed by atoms with van der Waals surface area (Å²) in [5.41, 5.74) is 1.11. The van der Waals surface area contributed by atoms with Gasteiger partial charge in [0.2, 0.25) is 17.7 Å². The first-order valence-electron chi connectivity index (χ1n) is 10.1. The van der Waals surface area contributed by atoms with Crippen LogP contribution in [0.2, 0.25) is 0 Å². The minimum absolute atomic E-state index is 0.00549. The molecule has 7 nitrogen and oxygen atoms in total. The topological polar surface area (TPSA) is 80.8 Å². The number of aryl methyl sites for hydroxylation is 1. The van der Waals surface area contributed by atoms with Crippen molar-refractivity contribution in [1.82, 2.24) is 9.88 Å². The number of nitrogens with one attached hydrogen (secondary N) is 1. The second kappa shape index (κ2) is 8.73. The zero-order chi connectivity index (χ0) is 21.9. The van der Waals surface area contributed by atoms with Gasteiger partial charge in [-0.1, -0.05) is 26.8 Å². The lowest BCUT2D eigenvalue weighted by atomic mass is 9.94. The maximum Gasteiger partial charge on any atom is 0.247 e. The zero-order valence-electron chi connectivity index (χ0n) is 18.2. The van der Waals surface area contributed by atoms with Gasteiger partial charge in [0, 0.05) is 18.0 Å². The molecule has 2 amide bonds. The number of ether oxygens (including phenoxy) is 2. The predicted octanol–water partition coefficient (Wildman–Crippen LogP) is 4.17. The Hall–Kier alpha value is -3.09. The van der Waals surface area contributed by atoms with E-state index in [0.717, 1.165) is 12.0 Å². The van der Waals surface area contributed by atoms with Gasteiger partial charge >= 0.3 is 0 Å². The number of rotatable bonds is 5. The molecular formula is C23H29N3O4. The Kier molecular flexibility index (Phi) is 6.29. The van der Waals surface area contributed by atoms with E-state index in [1.807, 2.05) is 45.9 Å². The van der Waals surface area contributed by atoms with E-state index >= 15 is 0 Å². The van der Waals surface area contributed by atoms with Crippen LogP contribution in [0.25, 0.3) is 0 Å². The van der Waals surface area contributed by atoms with Crippen molar-refractivity contribution in [2.75, 3.05) is 19.0 Å². The summed E-state index contributed by atoms with van der Waals surface area (Å²) < 4.78 is 11.1. The van der Waals surface area contributed by atoms with Crippen molar-refractivity contribution in [2.24, 2.45) is 5.41 Å². The fourth-order valence-electron chi connectivity index (χ4n) is 3.43. The van der Waals surface area contributed by atoms with E-state index in [-0.39, 0.29) is 11.8 Å². The molecule has 2 heterocycles. The Bertz CT molecular complexity index is 919. The fourth-order valence-corrected chi connectivity index (χ4v) is 3.43. The minimum atomic E-state index is -0.513. The number of methoxy groups -OCH3 is 1. The largest absolute Gasteiger partial charge is 0.493 e. The number of hydrogen-bond acceptors (Lipinski definition) is 5. The van der Waals surface area contributed by atoms with Crippen molar-refractivity contribution >= 4 is 17.5 Å². The summed E-state index contributed by atoms with van der Waals surface area (Å²) in [4.78, 5) is 31.4. The molecule has 7 heteroatoms. The number of amides is 2. The molecule has 1 aliphatic rings. The van der Waals surface area contributed by atoms with Gasteiger partial charge in [-0.15, -0.1) is 0 Å². The maximum absolute atomic E-state index is 12.8. The van der Waals surface area contributed by atoms with Crippen LogP contribution >= 0.6 is 0 Å². The Morgan fingerprint density at radius 2 is 1.93 bits per heavy atom. The van der Waals surface area contributed by atoms with Crippen LogP contribution in [-0.4, -0.2) is 41.4 Å². The van der Waals surface area contributed by atoms with Crippen molar-refractivity contribution in [3.05, 3.63) is 42.1 Å². The zero-order valence-corrected chi connectivity index (χ0v) is 18.2. The normalized spacial score (nSPS) is 16.3. The molecular weight excluding hydrogens is 382 g/mol. The Morgan fingerprint density at radius 1 is 1.17 bits per heavy atom. The number of likely N-dealkylation sites (tertiary alicyclic amines) is 1. The van der Waals surface area contributed by atoms with Crippen LogP contribution in [0.15, 0.2) is 36.5 Å². The summed E-state index contributed by atoms with van der Waals surface area (Å²) in [5, 5.41) is 2.87. The average Bonchev–Trinajstić information content (AvgIpc) is 3.19. The van der Waals surface area contributed by atoms with Gasteiger partial charge in [-0.2, -0.15) is 0 Å². The van der Waals surface area contributed by atoms with E-state index in [0.29, 0.717) is 36.0 Å². The maximum atomic E-state index is 12.8. The van der Waals surface area contributed by atoms with Crippen LogP contribution in [0.4, 0.5) is 5.69 Å². The molecule has 1 aliphatic heterocycles. The molecule has 3 rings (SSSR count). The average molecular weight is 412 g/mol. The highest BCUT2D eigenvalue weighted by molar-refractivity contribution is 5.98. The quantitative estimate of drug-likeness (QED) is 0.799. The second-order valence-electron chi connectivity index (χ2n) is 8.54. The first-order valence-corrected chi connectivity index (χ1v) is 10.1. The number of carbonyl (C=O) groups is 2. The van der Waals surface area contributed by atoms with E-state index in [1.54, 1.807) is 30.3 Å². The molecule has 1 saturated heterocycles. The molecule has 1 fully saturated rings. The molecule has 1 unspecified atom stereocenters. The minimum Gasteiger partial charge on any atom is -0.493 e. The van der Waals surface area contributed by atoms with Crippen LogP contribution in [0, 0.1) is 12.3 Å². The number of aromatic nitrogens is 1. The van der Waals surface area contributed by atoms with Crippen molar-refractivity contribution in [3.63, 3.8) is 0 Å². The number of benzene rings is 1. The van der Waals surface area contributed by atoms with Gasteiger partial charge in [0.15, 0.2) is 11.5 Å². The van der Waals surface area contributed by atoms with E-state index in [2.05, 4.69) is 10.3 Å². The standard InChI is InChI=1S/C23H29N3O4/c1-15-8-10-18(19(13-15)29-5)30-20-11-9-16(14-24-20)25-21(27)17-7-6-12-26(17)22(28)23(2,3)4/h8-11,13-14,17H,6-7,12H2,1-5H3,(H,25,27). The third-order valence-electron chi connectivity index (χ3n) is 5.00. The molecule has 0 saturated carbocycles. The lowest BCUT2D eigenvalue weighted by Gasteiger charge is -2.30. The molecule has 0 radical (unpaired) electrons. The summed E-state index contributed by atoms with van der Waals surface area (Å²) in [7, 11) is 1.59. The van der Waals surface area contributed by atoms with Crippen LogP contribution in [0.5, 0.6) is 17.4 Å². The number of anilines is 1. The van der Waals surface area contributed by atoms with Gasteiger partial charge in [-0.3, -0.25) is 9.59 Å². The van der Waals surface area contributed by atoms with Crippen molar-refractivity contribution in [3.8, 4) is 17.4 Å². The van der Waals surface area contributed by atoms with E-state index in [1.165, 1.54) is 0 Å². The summed E-state index contributed by atoms with van der Waals surface area (Å²) in [6, 6.07) is 8.60. The lowest BCUT2D eigenvalue weighted by molar-refractivity contribution is -0.143. The number of carbonyl (C=O) groups excluding carboxylic acids is 2. The molecule has 1 aromatic carbocycles. The molecule has 30 heavy (non-hydrogen) atoms. The second-order valence-corrected chi connectivity index (χ2v) is 8.54. The van der Waals surface area contributed by atoms with Crippen molar-refractivity contribution in [1.29, 1.82) is 0 Å². The van der Waals surface area contributed by atoms with Gasteiger partial charge < -0.3 is 19.7 Å². The van der Waals surface area contributed by atoms with E-state index < -0.39 is 11.5 Å². The summed E-state index contributed by atoms with van der Waals surface area (Å²) in [6.45, 7) is 8.19. The van der Waals surface area contributed by atoms with Crippen molar-refractivity contribution < 1.29 is 19.1 Å². The first-order chi connectivity index (χ1) is 14.2. The molecule has 0 bridgehead atoms. The third-order valence-corrected chi connectivity index (χ3v) is 5.00. The van der Waals surface area contributed by atoms with E-state index in [4.69, 9.17) is 9.47 Å². The van der Waals surface area contributed by atoms with Crippen molar-refractivity contribution in [2.45, 2.75) is 46.6 Å². The highest BCUT2D eigenvalue weighted by Gasteiger charge is 2.38. The Balaban J connectivity index is 1.66. The smallest absolute Gasteiger partial charge is 0.247 e. The van der Waals surface area contributed by atoms with E-state index in [9.17, 15) is 9.59 Å². The van der Waals surface area contributed by atoms with Gasteiger partial charge in [-0.05, 0) is 43.5 Å². The monoisotopic (exact) mass is 411 g/mol. The van der Waals surface area contributed by atoms with Gasteiger partial charge in [-0.25, -0.2) is 4.98 Å². The number of hydrogen-bond donors (Lipinski definition) is 1. The molecule has 0 spiro atoms. The molecule has 1 N–H and O–H groups in total. The number of nitrogens with zero attached hydrogens (tertiary/aromatic N) is 2. The summed E-state index contributed by atoms with van der Waals surface area (Å²) in [5.74, 6) is 1.38. The first kappa shape index (κ1) is 21.6. The Morgan fingerprint density at radius 3 is 2.57 bits per heavy atom. The van der Waals surface area contributed by atoms with Crippen LogP contribution in [0.1, 0.15) is 39.2 Å². The van der Waals surface area contributed by atoms with Gasteiger partial charge in [0.05, 0.1) is 19.0 Å². The predicted molar refractivity (Wildman–Crippen MR) is 115 cm³/mol. The molecule has 1 aromatic heterocycles. The van der Waals surface area contributed by atoms with Crippen LogP contribution in [0.3, 0.4) is 0 Å². The van der Waals surface area contributed by atoms with Gasteiger partial charge in [0.25, 0.3) is 0 Å². The lowest BCUT2D eigenvalue weighted by Crippen LogP contribution is -2.47. The fraction of sp³-hybridized carbons (Fsp3) is 0.435. The molecule has 2 aromatic rings. The molecule has 1 atom stereocenters. The number of pyridine rings is 1. The van der Waals surface area contributed by atoms with Crippen LogP contribution in [-0.2, 0) is 9.59 Å². The Labute approximate surface area is 177 Å². The highest BCUT2D eigenvalue weighted by Crippen LogP contribution is 2.32. The highest BCUT2D eigenvalue weighted by atomic mass is 16.5. The summed E-state index contributed by atoms with van der Waals surface area (Å²) >= 11 is 0. The van der Waals surface area contributed by atoms with Gasteiger partial charge in [0.1, 0.15) is 6.04 Å². The molecule has 0 aliphatic carbocycles. The van der Waals surface area contributed by atoms with Crippen LogP contribution < -0.4 is 14.8 Å². The summed E-state index contributed by atoms with van der Waals surface area (Å²) in [6.07, 6.45) is 3.03. The SMILES string of the molecule is COc1cc(C)ccc1Oc1ccc(NC(=O)C2CCCN2C(=O)C(C)(C)C)cn1. The molecule has 160 valence electrons.